The maximum absolute atomic E-state index is 13.0. The molecule has 0 unspecified atom stereocenters. The zero-order valence-electron chi connectivity index (χ0n) is 15.9. The van der Waals surface area contributed by atoms with Crippen LogP contribution in [-0.4, -0.2) is 77.5 Å². The molecule has 2 aliphatic rings. The number of aliphatic hydroxyl groups is 1. The highest BCUT2D eigenvalue weighted by Gasteiger charge is 2.42. The van der Waals surface area contributed by atoms with Crippen LogP contribution in [-0.2, 0) is 4.74 Å². The number of ether oxygens (including phenoxy) is 1. The monoisotopic (exact) mass is 362 g/mol. The van der Waals surface area contributed by atoms with Crippen LogP contribution in [0.1, 0.15) is 48.5 Å². The number of phenolic OH excluding ortho intramolecular Hbond substituents is 1. The van der Waals surface area contributed by atoms with Crippen molar-refractivity contribution in [3.8, 4) is 5.75 Å². The molecule has 0 aromatic heterocycles. The van der Waals surface area contributed by atoms with Crippen LogP contribution in [0.2, 0.25) is 0 Å². The van der Waals surface area contributed by atoms with Gasteiger partial charge in [-0.3, -0.25) is 9.69 Å². The Morgan fingerprint density at radius 2 is 1.96 bits per heavy atom. The van der Waals surface area contributed by atoms with Gasteiger partial charge in [0.05, 0.1) is 30.9 Å². The second-order valence-electron chi connectivity index (χ2n) is 7.70. The normalized spacial score (nSPS) is 27.0. The number of phenols is 1. The Kier molecular flexibility index (Phi) is 5.85. The fraction of sp³-hybridized carbons (Fsp3) is 0.650. The van der Waals surface area contributed by atoms with E-state index in [4.69, 9.17) is 4.74 Å². The first-order valence-corrected chi connectivity index (χ1v) is 9.50. The molecule has 3 atom stereocenters. The van der Waals surface area contributed by atoms with E-state index >= 15 is 0 Å². The first kappa shape index (κ1) is 19.1. The van der Waals surface area contributed by atoms with Gasteiger partial charge in [-0.1, -0.05) is 19.9 Å². The Bertz CT molecular complexity index is 643. The number of benzene rings is 1. The molecule has 0 radical (unpaired) electrons. The molecule has 3 rings (SSSR count). The average molecular weight is 362 g/mol. The molecule has 0 spiro atoms. The lowest BCUT2D eigenvalue weighted by atomic mass is 9.99. The number of carbonyl (C=O) groups is 1. The predicted octanol–water partition coefficient (Wildman–Crippen LogP) is 1.81. The number of likely N-dealkylation sites (N-methyl/N-ethyl adjacent to an activating group) is 1. The maximum Gasteiger partial charge on any atom is 0.257 e. The third-order valence-corrected chi connectivity index (χ3v) is 5.80. The molecule has 1 saturated carbocycles. The summed E-state index contributed by atoms with van der Waals surface area (Å²) < 4.78 is 5.39. The van der Waals surface area contributed by atoms with Gasteiger partial charge in [-0.15, -0.1) is 0 Å². The lowest BCUT2D eigenvalue weighted by Gasteiger charge is -2.36. The van der Waals surface area contributed by atoms with Gasteiger partial charge < -0.3 is 19.8 Å². The van der Waals surface area contributed by atoms with Gasteiger partial charge in [-0.25, -0.2) is 0 Å². The Morgan fingerprint density at radius 3 is 2.62 bits per heavy atom. The Labute approximate surface area is 155 Å². The van der Waals surface area contributed by atoms with E-state index in [1.54, 1.807) is 24.1 Å². The molecule has 2 N–H and O–H groups in total. The van der Waals surface area contributed by atoms with Crippen LogP contribution < -0.4 is 0 Å². The van der Waals surface area contributed by atoms with E-state index < -0.39 is 6.10 Å². The molecule has 1 aromatic rings. The van der Waals surface area contributed by atoms with Crippen molar-refractivity contribution in [2.24, 2.45) is 0 Å². The van der Waals surface area contributed by atoms with Crippen molar-refractivity contribution in [3.05, 3.63) is 29.3 Å². The van der Waals surface area contributed by atoms with E-state index in [0.29, 0.717) is 18.8 Å². The number of hydrogen-bond acceptors (Lipinski definition) is 5. The van der Waals surface area contributed by atoms with Crippen molar-refractivity contribution in [2.75, 3.05) is 33.4 Å². The molecule has 6 nitrogen and oxygen atoms in total. The summed E-state index contributed by atoms with van der Waals surface area (Å²) >= 11 is 0. The number of rotatable bonds is 4. The summed E-state index contributed by atoms with van der Waals surface area (Å²) in [4.78, 5) is 16.8. The van der Waals surface area contributed by atoms with Gasteiger partial charge in [0.2, 0.25) is 0 Å². The van der Waals surface area contributed by atoms with Crippen LogP contribution in [0.25, 0.3) is 0 Å². The van der Waals surface area contributed by atoms with Crippen LogP contribution in [0.3, 0.4) is 0 Å². The van der Waals surface area contributed by atoms with Crippen molar-refractivity contribution < 1.29 is 19.7 Å². The van der Waals surface area contributed by atoms with E-state index in [-0.39, 0.29) is 29.7 Å². The molecule has 144 valence electrons. The summed E-state index contributed by atoms with van der Waals surface area (Å²) in [6.45, 7) is 7.14. The van der Waals surface area contributed by atoms with Crippen LogP contribution in [0.15, 0.2) is 18.2 Å². The van der Waals surface area contributed by atoms with E-state index in [1.807, 2.05) is 6.07 Å². The lowest BCUT2D eigenvalue weighted by molar-refractivity contribution is -0.0231. The van der Waals surface area contributed by atoms with E-state index in [2.05, 4.69) is 18.7 Å². The first-order valence-electron chi connectivity index (χ1n) is 9.50. The van der Waals surface area contributed by atoms with Gasteiger partial charge in [0.25, 0.3) is 5.91 Å². The quantitative estimate of drug-likeness (QED) is 0.855. The highest BCUT2D eigenvalue weighted by molar-refractivity contribution is 5.97. The number of morpholine rings is 1. The standard InChI is InChI=1S/C20H30N2O4/c1-13(2)14-4-7-18(23)15(12-14)20(25)21(3)16-5-6-17(19(16)24)22-8-10-26-11-9-22/h4,7,12-13,16-17,19,23-24H,5-6,8-11H2,1-3H3/t16-,17-,19-/m1/s1. The van der Waals surface area contributed by atoms with Crippen LogP contribution >= 0.6 is 0 Å². The highest BCUT2D eigenvalue weighted by Crippen LogP contribution is 2.31. The summed E-state index contributed by atoms with van der Waals surface area (Å²) in [5.41, 5.74) is 1.32. The lowest BCUT2D eigenvalue weighted by Crippen LogP contribution is -2.51. The molecule has 1 amide bonds. The van der Waals surface area contributed by atoms with E-state index in [9.17, 15) is 15.0 Å². The Balaban J connectivity index is 1.73. The minimum Gasteiger partial charge on any atom is -0.507 e. The van der Waals surface area contributed by atoms with Crippen LogP contribution in [0.4, 0.5) is 0 Å². The van der Waals surface area contributed by atoms with Gasteiger partial charge in [-0.2, -0.15) is 0 Å². The second-order valence-corrected chi connectivity index (χ2v) is 7.70. The van der Waals surface area contributed by atoms with Crippen molar-refractivity contribution in [3.63, 3.8) is 0 Å². The largest absolute Gasteiger partial charge is 0.507 e. The van der Waals surface area contributed by atoms with Crippen molar-refractivity contribution in [1.82, 2.24) is 9.80 Å². The number of aliphatic hydroxyl groups excluding tert-OH is 1. The van der Waals surface area contributed by atoms with Gasteiger partial charge in [-0.05, 0) is 36.5 Å². The Morgan fingerprint density at radius 1 is 1.27 bits per heavy atom. The van der Waals surface area contributed by atoms with E-state index in [1.165, 1.54) is 0 Å². The summed E-state index contributed by atoms with van der Waals surface area (Å²) in [5, 5.41) is 21.0. The van der Waals surface area contributed by atoms with E-state index in [0.717, 1.165) is 31.5 Å². The molecule has 1 aliphatic heterocycles. The minimum atomic E-state index is -0.586. The average Bonchev–Trinajstić information content (AvgIpc) is 3.03. The van der Waals surface area contributed by atoms with Gasteiger partial charge in [0, 0.05) is 26.2 Å². The molecule has 1 heterocycles. The molecular weight excluding hydrogens is 332 g/mol. The molecule has 1 saturated heterocycles. The summed E-state index contributed by atoms with van der Waals surface area (Å²) in [6, 6.07) is 5.01. The molecule has 2 fully saturated rings. The fourth-order valence-corrected chi connectivity index (χ4v) is 4.09. The maximum atomic E-state index is 13.0. The highest BCUT2D eigenvalue weighted by atomic mass is 16.5. The van der Waals surface area contributed by atoms with Gasteiger partial charge in [0.15, 0.2) is 0 Å². The fourth-order valence-electron chi connectivity index (χ4n) is 4.09. The SMILES string of the molecule is CC(C)c1ccc(O)c(C(=O)N(C)[C@@H]2CC[C@@H](N3CCOCC3)[C@@H]2O)c1. The number of aromatic hydroxyl groups is 1. The number of hydrogen-bond donors (Lipinski definition) is 2. The summed E-state index contributed by atoms with van der Waals surface area (Å²) in [6.07, 6.45) is 1.04. The van der Waals surface area contributed by atoms with Crippen molar-refractivity contribution in [1.29, 1.82) is 0 Å². The van der Waals surface area contributed by atoms with Crippen LogP contribution in [0, 0.1) is 0 Å². The van der Waals surface area contributed by atoms with Crippen molar-refractivity contribution in [2.45, 2.75) is 50.8 Å². The number of nitrogens with zero attached hydrogens (tertiary/aromatic N) is 2. The minimum absolute atomic E-state index is 0.0107. The number of carbonyl (C=O) groups excluding carboxylic acids is 1. The summed E-state index contributed by atoms with van der Waals surface area (Å²) in [7, 11) is 1.72. The first-order chi connectivity index (χ1) is 12.4. The molecule has 0 bridgehead atoms. The third kappa shape index (κ3) is 3.72. The number of amides is 1. The van der Waals surface area contributed by atoms with Gasteiger partial charge >= 0.3 is 0 Å². The third-order valence-electron chi connectivity index (χ3n) is 5.80. The molecule has 6 heteroatoms. The van der Waals surface area contributed by atoms with Crippen LogP contribution in [0.5, 0.6) is 5.75 Å². The predicted molar refractivity (Wildman–Crippen MR) is 99.5 cm³/mol. The van der Waals surface area contributed by atoms with Crippen molar-refractivity contribution >= 4 is 5.91 Å². The summed E-state index contributed by atoms with van der Waals surface area (Å²) in [5.74, 6) is 0.0235. The molecule has 26 heavy (non-hydrogen) atoms. The molecular formula is C20H30N2O4. The van der Waals surface area contributed by atoms with Gasteiger partial charge in [0.1, 0.15) is 5.75 Å². The smallest absolute Gasteiger partial charge is 0.257 e. The molecule has 1 aromatic carbocycles. The molecule has 1 aliphatic carbocycles. The second kappa shape index (κ2) is 7.94. The Hall–Kier alpha value is -1.63. The zero-order chi connectivity index (χ0) is 18.8. The topological polar surface area (TPSA) is 73.2 Å². The zero-order valence-corrected chi connectivity index (χ0v) is 15.9.